The molecule has 0 aliphatic heterocycles. The SMILES string of the molecule is CN(Cc1ccccn1)CC1(CNC2CC2)CCCCC1. The van der Waals surface area contributed by atoms with Crippen molar-refractivity contribution in [1.82, 2.24) is 15.2 Å². The maximum absolute atomic E-state index is 4.46. The van der Waals surface area contributed by atoms with Crippen LogP contribution in [0.3, 0.4) is 0 Å². The topological polar surface area (TPSA) is 28.2 Å². The molecule has 0 atom stereocenters. The van der Waals surface area contributed by atoms with Gasteiger partial charge < -0.3 is 5.32 Å². The van der Waals surface area contributed by atoms with Crippen LogP contribution in [0, 0.1) is 5.41 Å². The molecule has 3 heteroatoms. The number of hydrogen-bond acceptors (Lipinski definition) is 3. The van der Waals surface area contributed by atoms with Gasteiger partial charge in [0.2, 0.25) is 0 Å². The maximum atomic E-state index is 4.46. The molecule has 2 aliphatic carbocycles. The second-order valence-electron chi connectivity index (χ2n) is 7.21. The summed E-state index contributed by atoms with van der Waals surface area (Å²) < 4.78 is 0. The van der Waals surface area contributed by atoms with Crippen LogP contribution in [0.1, 0.15) is 50.6 Å². The molecule has 3 nitrogen and oxygen atoms in total. The third kappa shape index (κ3) is 4.52. The molecule has 116 valence electrons. The molecule has 3 rings (SSSR count). The first-order valence-electron chi connectivity index (χ1n) is 8.58. The third-order valence-electron chi connectivity index (χ3n) is 5.02. The zero-order valence-corrected chi connectivity index (χ0v) is 13.4. The van der Waals surface area contributed by atoms with E-state index in [0.29, 0.717) is 5.41 Å². The molecule has 21 heavy (non-hydrogen) atoms. The van der Waals surface area contributed by atoms with Crippen LogP contribution in [0.2, 0.25) is 0 Å². The zero-order chi connectivity index (χ0) is 14.5. The van der Waals surface area contributed by atoms with Gasteiger partial charge in [-0.3, -0.25) is 9.88 Å². The van der Waals surface area contributed by atoms with Gasteiger partial charge in [0.15, 0.2) is 0 Å². The smallest absolute Gasteiger partial charge is 0.0543 e. The number of nitrogens with zero attached hydrogens (tertiary/aromatic N) is 2. The zero-order valence-electron chi connectivity index (χ0n) is 13.4. The van der Waals surface area contributed by atoms with Crippen LogP contribution in [0.4, 0.5) is 0 Å². The molecule has 0 radical (unpaired) electrons. The van der Waals surface area contributed by atoms with E-state index in [1.807, 2.05) is 12.3 Å². The van der Waals surface area contributed by atoms with Gasteiger partial charge in [-0.1, -0.05) is 25.3 Å². The molecular weight excluding hydrogens is 258 g/mol. The van der Waals surface area contributed by atoms with Gasteiger partial charge in [-0.15, -0.1) is 0 Å². The number of nitrogens with one attached hydrogen (secondary N) is 1. The maximum Gasteiger partial charge on any atom is 0.0543 e. The first kappa shape index (κ1) is 15.0. The van der Waals surface area contributed by atoms with Crippen LogP contribution in [0.5, 0.6) is 0 Å². The Morgan fingerprint density at radius 3 is 2.71 bits per heavy atom. The molecule has 2 aliphatic rings. The highest BCUT2D eigenvalue weighted by molar-refractivity contribution is 5.03. The molecule has 1 aromatic heterocycles. The molecule has 2 saturated carbocycles. The monoisotopic (exact) mass is 287 g/mol. The second-order valence-corrected chi connectivity index (χ2v) is 7.21. The van der Waals surface area contributed by atoms with Crippen LogP contribution in [0.15, 0.2) is 24.4 Å². The summed E-state index contributed by atoms with van der Waals surface area (Å²) in [7, 11) is 2.25. The number of rotatable bonds is 7. The average Bonchev–Trinajstić information content (AvgIpc) is 3.31. The van der Waals surface area contributed by atoms with Gasteiger partial charge in [0, 0.05) is 31.9 Å². The Morgan fingerprint density at radius 1 is 1.24 bits per heavy atom. The summed E-state index contributed by atoms with van der Waals surface area (Å²) >= 11 is 0. The fraction of sp³-hybridized carbons (Fsp3) is 0.722. The van der Waals surface area contributed by atoms with Crippen molar-refractivity contribution < 1.29 is 0 Å². The number of aromatic nitrogens is 1. The van der Waals surface area contributed by atoms with E-state index >= 15 is 0 Å². The van der Waals surface area contributed by atoms with Crippen LogP contribution in [0.25, 0.3) is 0 Å². The average molecular weight is 287 g/mol. The fourth-order valence-electron chi connectivity index (χ4n) is 3.74. The lowest BCUT2D eigenvalue weighted by molar-refractivity contribution is 0.113. The minimum Gasteiger partial charge on any atom is -0.313 e. The van der Waals surface area contributed by atoms with E-state index in [2.05, 4.69) is 34.4 Å². The van der Waals surface area contributed by atoms with E-state index in [-0.39, 0.29) is 0 Å². The van der Waals surface area contributed by atoms with Crippen LogP contribution in [-0.4, -0.2) is 36.1 Å². The van der Waals surface area contributed by atoms with Gasteiger partial charge in [0.1, 0.15) is 0 Å². The van der Waals surface area contributed by atoms with E-state index in [1.165, 1.54) is 63.7 Å². The van der Waals surface area contributed by atoms with Gasteiger partial charge in [-0.25, -0.2) is 0 Å². The predicted molar refractivity (Wildman–Crippen MR) is 87.1 cm³/mol. The standard InChI is InChI=1S/C18H29N3/c1-21(13-17-7-3-6-12-19-17)15-18(10-4-2-5-11-18)14-20-16-8-9-16/h3,6-7,12,16,20H,2,4-5,8-11,13-15H2,1H3. The number of pyridine rings is 1. The first-order valence-corrected chi connectivity index (χ1v) is 8.58. The van der Waals surface area contributed by atoms with Crippen LogP contribution < -0.4 is 5.32 Å². The van der Waals surface area contributed by atoms with Crippen molar-refractivity contribution in [1.29, 1.82) is 0 Å². The summed E-state index contributed by atoms with van der Waals surface area (Å²) in [5.41, 5.74) is 1.67. The minimum atomic E-state index is 0.490. The molecule has 0 aromatic carbocycles. The van der Waals surface area contributed by atoms with Crippen LogP contribution >= 0.6 is 0 Å². The van der Waals surface area contributed by atoms with Gasteiger partial charge in [0.25, 0.3) is 0 Å². The lowest BCUT2D eigenvalue weighted by Crippen LogP contribution is -2.44. The van der Waals surface area contributed by atoms with Gasteiger partial charge >= 0.3 is 0 Å². The number of hydrogen-bond donors (Lipinski definition) is 1. The molecule has 0 saturated heterocycles. The van der Waals surface area contributed by atoms with E-state index in [9.17, 15) is 0 Å². The minimum absolute atomic E-state index is 0.490. The van der Waals surface area contributed by atoms with Crippen molar-refractivity contribution >= 4 is 0 Å². The van der Waals surface area contributed by atoms with Crippen molar-refractivity contribution in [2.75, 3.05) is 20.1 Å². The molecule has 1 N–H and O–H groups in total. The molecule has 0 amide bonds. The quantitative estimate of drug-likeness (QED) is 0.834. The summed E-state index contributed by atoms with van der Waals surface area (Å²) in [5.74, 6) is 0. The summed E-state index contributed by atoms with van der Waals surface area (Å²) in [6, 6.07) is 7.03. The second kappa shape index (κ2) is 6.89. The van der Waals surface area contributed by atoms with E-state index in [0.717, 1.165) is 12.6 Å². The molecule has 0 spiro atoms. The summed E-state index contributed by atoms with van der Waals surface area (Å²) in [5, 5.41) is 3.79. The molecule has 2 fully saturated rings. The van der Waals surface area contributed by atoms with Crippen molar-refractivity contribution in [2.45, 2.75) is 57.5 Å². The largest absolute Gasteiger partial charge is 0.313 e. The van der Waals surface area contributed by atoms with Gasteiger partial charge in [-0.05, 0) is 50.3 Å². The normalized spacial score (nSPS) is 21.6. The lowest BCUT2D eigenvalue weighted by Gasteiger charge is -2.40. The van der Waals surface area contributed by atoms with E-state index in [4.69, 9.17) is 0 Å². The highest BCUT2D eigenvalue weighted by Gasteiger charge is 2.34. The molecule has 1 aromatic rings. The Morgan fingerprint density at radius 2 is 2.05 bits per heavy atom. The highest BCUT2D eigenvalue weighted by Crippen LogP contribution is 2.37. The lowest BCUT2D eigenvalue weighted by atomic mass is 9.73. The van der Waals surface area contributed by atoms with Gasteiger partial charge in [0.05, 0.1) is 5.69 Å². The Hall–Kier alpha value is -0.930. The molecule has 0 unspecified atom stereocenters. The summed E-state index contributed by atoms with van der Waals surface area (Å²) in [4.78, 5) is 6.94. The Kier molecular flexibility index (Phi) is 4.91. The summed E-state index contributed by atoms with van der Waals surface area (Å²) in [6.45, 7) is 3.37. The fourth-order valence-corrected chi connectivity index (χ4v) is 3.74. The van der Waals surface area contributed by atoms with E-state index in [1.54, 1.807) is 0 Å². The molecule has 1 heterocycles. The molecule has 0 bridgehead atoms. The van der Waals surface area contributed by atoms with Crippen molar-refractivity contribution in [3.8, 4) is 0 Å². The van der Waals surface area contributed by atoms with Crippen molar-refractivity contribution in [3.05, 3.63) is 30.1 Å². The van der Waals surface area contributed by atoms with Crippen molar-refractivity contribution in [3.63, 3.8) is 0 Å². The Bertz CT molecular complexity index is 421. The van der Waals surface area contributed by atoms with Gasteiger partial charge in [-0.2, -0.15) is 0 Å². The summed E-state index contributed by atoms with van der Waals surface area (Å²) in [6.07, 6.45) is 11.7. The van der Waals surface area contributed by atoms with Crippen molar-refractivity contribution in [2.24, 2.45) is 5.41 Å². The Labute approximate surface area is 129 Å². The van der Waals surface area contributed by atoms with E-state index < -0.39 is 0 Å². The predicted octanol–water partition coefficient (Wildman–Crippen LogP) is 3.22. The third-order valence-corrected chi connectivity index (χ3v) is 5.02. The molecular formula is C18H29N3. The highest BCUT2D eigenvalue weighted by atomic mass is 15.1. The first-order chi connectivity index (χ1) is 10.3. The van der Waals surface area contributed by atoms with Crippen LogP contribution in [-0.2, 0) is 6.54 Å². The Balaban J connectivity index is 1.57.